The molecule has 0 radical (unpaired) electrons. The van der Waals surface area contributed by atoms with E-state index in [1.807, 2.05) is 30.3 Å². The van der Waals surface area contributed by atoms with Crippen molar-refractivity contribution in [2.75, 3.05) is 0 Å². The van der Waals surface area contributed by atoms with Crippen LogP contribution in [0.1, 0.15) is 5.56 Å². The molecule has 1 atom stereocenters. The Morgan fingerprint density at radius 1 is 1.36 bits per heavy atom. The molecule has 4 nitrogen and oxygen atoms in total. The fraction of sp³-hybridized carbons (Fsp3) is 0.125. The quantitative estimate of drug-likeness (QED) is 0.350. The zero-order valence-electron chi connectivity index (χ0n) is 7.75. The van der Waals surface area contributed by atoms with E-state index in [1.54, 1.807) is 0 Å². The number of rotatable bonds is 2. The van der Waals surface area contributed by atoms with Crippen LogP contribution in [0.2, 0.25) is 0 Å². The molecular weight excluding hydrogens is 215 g/mol. The molecule has 0 saturated heterocycles. The zero-order chi connectivity index (χ0) is 10.1. The van der Waals surface area contributed by atoms with E-state index in [0.717, 1.165) is 11.8 Å². The summed E-state index contributed by atoms with van der Waals surface area (Å²) < 4.78 is 24.1. The zero-order valence-corrected chi connectivity index (χ0v) is 10.6. The molecule has 72 valence electrons. The van der Waals surface area contributed by atoms with E-state index in [9.17, 15) is 4.79 Å². The summed E-state index contributed by atoms with van der Waals surface area (Å²) in [6, 6.07) is 9.68. The van der Waals surface area contributed by atoms with Crippen molar-refractivity contribution < 1.29 is 47.7 Å². The van der Waals surface area contributed by atoms with Crippen molar-refractivity contribution in [1.29, 1.82) is 0 Å². The predicted molar refractivity (Wildman–Crippen MR) is 47.8 cm³/mol. The van der Waals surface area contributed by atoms with Crippen LogP contribution in [-0.4, -0.2) is 19.6 Å². The molecule has 0 aromatic heterocycles. The molecule has 0 aliphatic heterocycles. The Kier molecular flexibility index (Phi) is 12.9. The predicted octanol–water partition coefficient (Wildman–Crippen LogP) is -2.23. The third-order valence-electron chi connectivity index (χ3n) is 1.16. The minimum absolute atomic E-state index is 0. The van der Waals surface area contributed by atoms with Crippen molar-refractivity contribution in [2.24, 2.45) is 0 Å². The number of carbonyl (C=O) groups excluding carboxylic acids is 1. The fourth-order valence-corrected chi connectivity index (χ4v) is 0.710. The average molecular weight is 224 g/mol. The maximum atomic E-state index is 9.97. The van der Waals surface area contributed by atoms with Crippen molar-refractivity contribution in [3.05, 3.63) is 35.9 Å². The van der Waals surface area contributed by atoms with Gasteiger partial charge in [0.05, 0.1) is 11.4 Å². The SMILES string of the molecule is O=CCc1ccccc1.O=S([O-])O.[Na+]. The second-order valence-electron chi connectivity index (χ2n) is 2.07. The number of benzene rings is 1. The van der Waals surface area contributed by atoms with E-state index in [0.29, 0.717) is 6.42 Å². The summed E-state index contributed by atoms with van der Waals surface area (Å²) in [5.41, 5.74) is 1.08. The molecule has 0 spiro atoms. The largest absolute Gasteiger partial charge is 1.00 e. The van der Waals surface area contributed by atoms with Crippen LogP contribution in [0.3, 0.4) is 0 Å². The number of aldehydes is 1. The van der Waals surface area contributed by atoms with Gasteiger partial charge in [0.2, 0.25) is 0 Å². The molecule has 1 N–H and O–H groups in total. The summed E-state index contributed by atoms with van der Waals surface area (Å²) in [5, 5.41) is 0. The second kappa shape index (κ2) is 11.0. The van der Waals surface area contributed by atoms with Gasteiger partial charge in [0, 0.05) is 6.42 Å². The van der Waals surface area contributed by atoms with E-state index in [1.165, 1.54) is 0 Å². The van der Waals surface area contributed by atoms with E-state index in [2.05, 4.69) is 0 Å². The molecule has 0 aliphatic rings. The van der Waals surface area contributed by atoms with Crippen molar-refractivity contribution >= 4 is 17.6 Å². The molecule has 0 amide bonds. The topological polar surface area (TPSA) is 77.4 Å². The van der Waals surface area contributed by atoms with Gasteiger partial charge in [-0.05, 0) is 5.56 Å². The third kappa shape index (κ3) is 12.0. The van der Waals surface area contributed by atoms with Crippen LogP contribution in [0.25, 0.3) is 0 Å². The summed E-state index contributed by atoms with van der Waals surface area (Å²) in [6.07, 6.45) is 1.44. The number of carbonyl (C=O) groups is 1. The van der Waals surface area contributed by atoms with Crippen LogP contribution in [-0.2, 0) is 22.6 Å². The van der Waals surface area contributed by atoms with E-state index >= 15 is 0 Å². The summed E-state index contributed by atoms with van der Waals surface area (Å²) in [7, 11) is 0. The van der Waals surface area contributed by atoms with Gasteiger partial charge in [-0.25, -0.2) is 4.21 Å². The average Bonchev–Trinajstić information content (AvgIpc) is 2.06. The minimum atomic E-state index is -2.86. The standard InChI is InChI=1S/C8H8O.Na.H2O3S/c9-7-6-8-4-2-1-3-5-8;;1-4(2)3/h1-5,7H,6H2;;(H2,1,2,3)/q;+1;/p-1. The number of hydrogen-bond donors (Lipinski definition) is 1. The summed E-state index contributed by atoms with van der Waals surface area (Å²) in [6.45, 7) is 0. The Hall–Kier alpha value is -0.0400. The molecule has 14 heavy (non-hydrogen) atoms. The van der Waals surface area contributed by atoms with Gasteiger partial charge in [-0.3, -0.25) is 0 Å². The van der Waals surface area contributed by atoms with E-state index in [4.69, 9.17) is 13.3 Å². The normalized spacial score (nSPS) is 10.1. The summed E-state index contributed by atoms with van der Waals surface area (Å²) >= 11 is -2.86. The van der Waals surface area contributed by atoms with Gasteiger partial charge >= 0.3 is 29.6 Å². The van der Waals surface area contributed by atoms with Crippen LogP contribution < -0.4 is 29.6 Å². The Bertz CT molecular complexity index is 261. The molecule has 1 aromatic carbocycles. The molecule has 0 saturated carbocycles. The third-order valence-corrected chi connectivity index (χ3v) is 1.16. The molecule has 1 aromatic rings. The van der Waals surface area contributed by atoms with E-state index < -0.39 is 11.4 Å². The Morgan fingerprint density at radius 3 is 2.14 bits per heavy atom. The molecule has 0 aliphatic carbocycles. The fourth-order valence-electron chi connectivity index (χ4n) is 0.710. The van der Waals surface area contributed by atoms with Crippen molar-refractivity contribution in [3.63, 3.8) is 0 Å². The van der Waals surface area contributed by atoms with Gasteiger partial charge < -0.3 is 13.9 Å². The Balaban J connectivity index is 0. The molecule has 1 rings (SSSR count). The van der Waals surface area contributed by atoms with Gasteiger partial charge in [0.15, 0.2) is 0 Å². The van der Waals surface area contributed by atoms with Gasteiger partial charge in [-0.15, -0.1) is 0 Å². The first kappa shape index (κ1) is 16.4. The molecule has 0 bridgehead atoms. The summed E-state index contributed by atoms with van der Waals surface area (Å²) in [4.78, 5) is 9.97. The number of hydrogen-bond acceptors (Lipinski definition) is 3. The van der Waals surface area contributed by atoms with Crippen LogP contribution in [0.4, 0.5) is 0 Å². The van der Waals surface area contributed by atoms with Crippen molar-refractivity contribution in [3.8, 4) is 0 Å². The van der Waals surface area contributed by atoms with Gasteiger partial charge in [-0.2, -0.15) is 0 Å². The molecule has 0 heterocycles. The van der Waals surface area contributed by atoms with Gasteiger partial charge in [0.25, 0.3) is 0 Å². The first-order valence-electron chi connectivity index (χ1n) is 3.42. The Morgan fingerprint density at radius 2 is 1.79 bits per heavy atom. The second-order valence-corrected chi connectivity index (χ2v) is 2.51. The smallest absolute Gasteiger partial charge is 0.750 e. The van der Waals surface area contributed by atoms with Crippen LogP contribution in [0.5, 0.6) is 0 Å². The van der Waals surface area contributed by atoms with Crippen LogP contribution >= 0.6 is 0 Å². The van der Waals surface area contributed by atoms with Gasteiger partial charge in [0.1, 0.15) is 6.29 Å². The molecule has 6 heteroatoms. The van der Waals surface area contributed by atoms with Crippen LogP contribution in [0.15, 0.2) is 30.3 Å². The maximum Gasteiger partial charge on any atom is 1.00 e. The first-order valence-corrected chi connectivity index (χ1v) is 4.46. The van der Waals surface area contributed by atoms with Gasteiger partial charge in [-0.1, -0.05) is 30.3 Å². The molecule has 1 unspecified atom stereocenters. The Labute approximate surface area is 107 Å². The van der Waals surface area contributed by atoms with Crippen molar-refractivity contribution in [1.82, 2.24) is 0 Å². The van der Waals surface area contributed by atoms with E-state index in [-0.39, 0.29) is 29.6 Å². The molecular formula is C8H9NaO4S. The van der Waals surface area contributed by atoms with Crippen molar-refractivity contribution in [2.45, 2.75) is 6.42 Å². The monoisotopic (exact) mass is 224 g/mol. The minimum Gasteiger partial charge on any atom is -0.750 e. The van der Waals surface area contributed by atoms with Crippen LogP contribution in [0, 0.1) is 0 Å². The maximum absolute atomic E-state index is 9.97. The first-order chi connectivity index (χ1) is 6.16. The summed E-state index contributed by atoms with van der Waals surface area (Å²) in [5.74, 6) is 0. The molecule has 0 fully saturated rings.